The first kappa shape index (κ1) is 23.8. The molecule has 27 heavy (non-hydrogen) atoms. The van der Waals surface area contributed by atoms with Gasteiger partial charge in [0, 0.05) is 58.1 Å². The van der Waals surface area contributed by atoms with Gasteiger partial charge in [0.2, 0.25) is 0 Å². The van der Waals surface area contributed by atoms with E-state index >= 15 is 0 Å². The number of guanidine groups is 1. The Labute approximate surface area is 180 Å². The number of benzene rings is 1. The molecule has 2 rings (SSSR count). The number of aliphatic imine (C=N–C) groups is 1. The third-order valence-electron chi connectivity index (χ3n) is 4.65. The zero-order chi connectivity index (χ0) is 18.9. The molecule has 1 saturated heterocycles. The summed E-state index contributed by atoms with van der Waals surface area (Å²) in [5, 5.41) is 6.71. The fourth-order valence-electron chi connectivity index (χ4n) is 3.04. The number of rotatable bonds is 7. The Kier molecular flexibility index (Phi) is 10.8. The lowest BCUT2D eigenvalue weighted by molar-refractivity contribution is 0.139. The van der Waals surface area contributed by atoms with Crippen LogP contribution < -0.4 is 20.1 Å². The van der Waals surface area contributed by atoms with E-state index in [1.807, 2.05) is 18.2 Å². The number of likely N-dealkylation sites (N-methyl/N-ethyl adjacent to an activating group) is 1. The first-order chi connectivity index (χ1) is 12.5. The summed E-state index contributed by atoms with van der Waals surface area (Å²) < 4.78 is 10.6. The largest absolute Gasteiger partial charge is 0.493 e. The van der Waals surface area contributed by atoms with Crippen LogP contribution >= 0.6 is 24.0 Å². The zero-order valence-electron chi connectivity index (χ0n) is 17.1. The van der Waals surface area contributed by atoms with Gasteiger partial charge in [0.25, 0.3) is 0 Å². The third-order valence-corrected chi connectivity index (χ3v) is 4.65. The molecule has 1 fully saturated rings. The molecule has 0 bridgehead atoms. The number of hydrogen-bond acceptors (Lipinski definition) is 5. The number of methoxy groups -OCH3 is 2. The fraction of sp³-hybridized carbons (Fsp3) is 0.632. The number of nitrogens with zero attached hydrogens (tertiary/aromatic N) is 3. The highest BCUT2D eigenvalue weighted by Crippen LogP contribution is 2.29. The van der Waals surface area contributed by atoms with E-state index in [2.05, 4.69) is 39.4 Å². The molecule has 0 aromatic heterocycles. The van der Waals surface area contributed by atoms with E-state index in [4.69, 9.17) is 9.47 Å². The molecule has 8 heteroatoms. The molecule has 0 spiro atoms. The molecule has 1 unspecified atom stereocenters. The highest BCUT2D eigenvalue weighted by Gasteiger charge is 2.16. The highest BCUT2D eigenvalue weighted by molar-refractivity contribution is 14.0. The van der Waals surface area contributed by atoms with Gasteiger partial charge in [0.1, 0.15) is 0 Å². The number of ether oxygens (including phenoxy) is 2. The SMILES string of the molecule is CN=C(NCC(C)CN1CCN(C)CC1)Nc1ccc(OC)c(OC)c1.I. The van der Waals surface area contributed by atoms with Gasteiger partial charge in [-0.2, -0.15) is 0 Å². The lowest BCUT2D eigenvalue weighted by Gasteiger charge is -2.34. The summed E-state index contributed by atoms with van der Waals surface area (Å²) in [6, 6.07) is 5.73. The smallest absolute Gasteiger partial charge is 0.195 e. The van der Waals surface area contributed by atoms with Crippen molar-refractivity contribution in [3.05, 3.63) is 18.2 Å². The molecule has 1 aromatic carbocycles. The lowest BCUT2D eigenvalue weighted by Crippen LogP contribution is -2.47. The van der Waals surface area contributed by atoms with E-state index in [1.54, 1.807) is 21.3 Å². The van der Waals surface area contributed by atoms with E-state index in [1.165, 1.54) is 0 Å². The van der Waals surface area contributed by atoms with Crippen molar-refractivity contribution in [1.82, 2.24) is 15.1 Å². The van der Waals surface area contributed by atoms with Gasteiger partial charge in [0.15, 0.2) is 17.5 Å². The number of anilines is 1. The van der Waals surface area contributed by atoms with Gasteiger partial charge in [0.05, 0.1) is 14.2 Å². The number of nitrogens with one attached hydrogen (secondary N) is 2. The molecule has 0 aliphatic carbocycles. The first-order valence-corrected chi connectivity index (χ1v) is 9.16. The molecule has 1 heterocycles. The van der Waals surface area contributed by atoms with Crippen molar-refractivity contribution in [1.29, 1.82) is 0 Å². The summed E-state index contributed by atoms with van der Waals surface area (Å²) in [6.07, 6.45) is 0. The van der Waals surface area contributed by atoms with E-state index in [9.17, 15) is 0 Å². The van der Waals surface area contributed by atoms with Crippen LogP contribution in [0, 0.1) is 5.92 Å². The Hall–Kier alpha value is -1.26. The molecule has 1 atom stereocenters. The predicted molar refractivity (Wildman–Crippen MR) is 123 cm³/mol. The van der Waals surface area contributed by atoms with Crippen LogP contribution in [0.3, 0.4) is 0 Å². The monoisotopic (exact) mass is 491 g/mol. The predicted octanol–water partition coefficient (Wildman–Crippen LogP) is 2.19. The van der Waals surface area contributed by atoms with E-state index < -0.39 is 0 Å². The highest BCUT2D eigenvalue weighted by atomic mass is 127. The van der Waals surface area contributed by atoms with Gasteiger partial charge in [-0.1, -0.05) is 6.92 Å². The van der Waals surface area contributed by atoms with Crippen molar-refractivity contribution < 1.29 is 9.47 Å². The summed E-state index contributed by atoms with van der Waals surface area (Å²) in [4.78, 5) is 9.23. The fourth-order valence-corrected chi connectivity index (χ4v) is 3.04. The topological polar surface area (TPSA) is 61.4 Å². The second-order valence-electron chi connectivity index (χ2n) is 6.86. The van der Waals surface area contributed by atoms with Crippen molar-refractivity contribution in [3.8, 4) is 11.5 Å². The van der Waals surface area contributed by atoms with Crippen molar-refractivity contribution in [2.45, 2.75) is 6.92 Å². The number of halogens is 1. The Morgan fingerprint density at radius 3 is 2.41 bits per heavy atom. The molecular weight excluding hydrogens is 457 g/mol. The van der Waals surface area contributed by atoms with Crippen LogP contribution in [0.4, 0.5) is 5.69 Å². The van der Waals surface area contributed by atoms with Crippen molar-refractivity contribution in [3.63, 3.8) is 0 Å². The van der Waals surface area contributed by atoms with Gasteiger partial charge in [-0.05, 0) is 25.1 Å². The summed E-state index contributed by atoms with van der Waals surface area (Å²) in [5.41, 5.74) is 0.905. The maximum Gasteiger partial charge on any atom is 0.195 e. The summed E-state index contributed by atoms with van der Waals surface area (Å²) in [5.74, 6) is 2.70. The minimum atomic E-state index is 0. The van der Waals surface area contributed by atoms with Crippen molar-refractivity contribution in [2.24, 2.45) is 10.9 Å². The summed E-state index contributed by atoms with van der Waals surface area (Å²) >= 11 is 0. The van der Waals surface area contributed by atoms with Crippen molar-refractivity contribution in [2.75, 3.05) is 72.9 Å². The molecule has 2 N–H and O–H groups in total. The van der Waals surface area contributed by atoms with E-state index in [0.717, 1.165) is 50.9 Å². The summed E-state index contributed by atoms with van der Waals surface area (Å²) in [7, 11) is 7.23. The molecular formula is C19H34IN5O2. The van der Waals surface area contributed by atoms with Gasteiger partial charge >= 0.3 is 0 Å². The Morgan fingerprint density at radius 2 is 1.81 bits per heavy atom. The van der Waals surface area contributed by atoms with E-state index in [0.29, 0.717) is 17.4 Å². The first-order valence-electron chi connectivity index (χ1n) is 9.16. The van der Waals surface area contributed by atoms with Crippen LogP contribution in [0.2, 0.25) is 0 Å². The normalized spacial score (nSPS) is 17.0. The molecule has 7 nitrogen and oxygen atoms in total. The Bertz CT molecular complexity index is 591. The quantitative estimate of drug-likeness (QED) is 0.347. The molecule has 1 aromatic rings. The number of hydrogen-bond donors (Lipinski definition) is 2. The van der Waals surface area contributed by atoms with Gasteiger partial charge in [-0.15, -0.1) is 24.0 Å². The second kappa shape index (κ2) is 12.2. The molecule has 0 radical (unpaired) electrons. The van der Waals surface area contributed by atoms with Crippen LogP contribution in [-0.4, -0.2) is 83.3 Å². The average Bonchev–Trinajstić information content (AvgIpc) is 2.66. The maximum absolute atomic E-state index is 5.35. The van der Waals surface area contributed by atoms with Crippen LogP contribution in [0.1, 0.15) is 6.92 Å². The van der Waals surface area contributed by atoms with Crippen LogP contribution in [0.5, 0.6) is 11.5 Å². The lowest BCUT2D eigenvalue weighted by atomic mass is 10.1. The maximum atomic E-state index is 5.35. The molecule has 1 aliphatic rings. The zero-order valence-corrected chi connectivity index (χ0v) is 19.4. The third kappa shape index (κ3) is 7.71. The van der Waals surface area contributed by atoms with Crippen LogP contribution in [-0.2, 0) is 0 Å². The minimum Gasteiger partial charge on any atom is -0.493 e. The van der Waals surface area contributed by atoms with Gasteiger partial charge in [-0.25, -0.2) is 0 Å². The minimum absolute atomic E-state index is 0. The Morgan fingerprint density at radius 1 is 1.15 bits per heavy atom. The second-order valence-corrected chi connectivity index (χ2v) is 6.86. The van der Waals surface area contributed by atoms with Gasteiger partial charge < -0.3 is 29.9 Å². The van der Waals surface area contributed by atoms with Crippen LogP contribution in [0.25, 0.3) is 0 Å². The molecule has 0 amide bonds. The van der Waals surface area contributed by atoms with Crippen molar-refractivity contribution >= 4 is 35.6 Å². The Balaban J connectivity index is 0.00000364. The standard InChI is InChI=1S/C19H33N5O2.HI/c1-15(14-24-10-8-23(3)9-11-24)13-21-19(20-2)22-16-6-7-17(25-4)18(12-16)26-5;/h6-7,12,15H,8-11,13-14H2,1-5H3,(H2,20,21,22);1H. The summed E-state index contributed by atoms with van der Waals surface area (Å²) in [6.45, 7) is 8.87. The number of piperazine rings is 1. The van der Waals surface area contributed by atoms with Gasteiger partial charge in [-0.3, -0.25) is 4.99 Å². The van der Waals surface area contributed by atoms with Crippen LogP contribution in [0.15, 0.2) is 23.2 Å². The molecule has 0 saturated carbocycles. The molecule has 1 aliphatic heterocycles. The molecule has 154 valence electrons. The average molecular weight is 491 g/mol. The van der Waals surface area contributed by atoms with E-state index in [-0.39, 0.29) is 24.0 Å².